The lowest BCUT2D eigenvalue weighted by atomic mass is 9.99. The van der Waals surface area contributed by atoms with Gasteiger partial charge in [-0.05, 0) is 49.4 Å². The van der Waals surface area contributed by atoms with Gasteiger partial charge in [-0.15, -0.1) is 0 Å². The van der Waals surface area contributed by atoms with Gasteiger partial charge < -0.3 is 15.2 Å². The number of rotatable bonds is 2. The molecule has 0 atom stereocenters. The Morgan fingerprint density at radius 1 is 1.18 bits per heavy atom. The molecule has 1 aliphatic heterocycles. The van der Waals surface area contributed by atoms with Crippen LogP contribution in [0.2, 0.25) is 0 Å². The third-order valence-corrected chi connectivity index (χ3v) is 3.64. The summed E-state index contributed by atoms with van der Waals surface area (Å²) in [5, 5.41) is 0. The maximum absolute atomic E-state index is 6.18. The van der Waals surface area contributed by atoms with Gasteiger partial charge in [0.15, 0.2) is 11.5 Å². The van der Waals surface area contributed by atoms with Crippen molar-refractivity contribution in [2.75, 3.05) is 13.2 Å². The monoisotopic (exact) mass is 233 g/mol. The summed E-state index contributed by atoms with van der Waals surface area (Å²) < 4.78 is 11.4. The molecule has 2 aliphatic rings. The molecular weight excluding hydrogens is 214 g/mol. The lowest BCUT2D eigenvalue weighted by molar-refractivity contribution is 0.297. The van der Waals surface area contributed by atoms with Crippen molar-refractivity contribution >= 4 is 0 Å². The molecule has 92 valence electrons. The van der Waals surface area contributed by atoms with Crippen LogP contribution >= 0.6 is 0 Å². The Hall–Kier alpha value is -1.22. The zero-order chi connectivity index (χ0) is 11.9. The van der Waals surface area contributed by atoms with Crippen LogP contribution in [0, 0.1) is 6.92 Å². The fourth-order valence-corrected chi connectivity index (χ4v) is 2.26. The van der Waals surface area contributed by atoms with E-state index in [-0.39, 0.29) is 5.54 Å². The number of aryl methyl sites for hydroxylation is 1. The molecule has 17 heavy (non-hydrogen) atoms. The van der Waals surface area contributed by atoms with E-state index in [1.165, 1.54) is 11.1 Å². The SMILES string of the molecule is Cc1cc2c(cc1CC1(N)CC1)OCCCO2. The summed E-state index contributed by atoms with van der Waals surface area (Å²) in [5.41, 5.74) is 8.78. The van der Waals surface area contributed by atoms with E-state index in [4.69, 9.17) is 15.2 Å². The van der Waals surface area contributed by atoms with E-state index in [1.807, 2.05) is 0 Å². The van der Waals surface area contributed by atoms with E-state index in [0.717, 1.165) is 50.4 Å². The lowest BCUT2D eigenvalue weighted by Crippen LogP contribution is -2.24. The molecule has 0 aromatic heterocycles. The molecule has 1 fully saturated rings. The number of hydrogen-bond acceptors (Lipinski definition) is 3. The number of hydrogen-bond donors (Lipinski definition) is 1. The molecule has 1 aromatic carbocycles. The minimum atomic E-state index is 0.0462. The number of benzene rings is 1. The van der Waals surface area contributed by atoms with Crippen LogP contribution in [0.25, 0.3) is 0 Å². The smallest absolute Gasteiger partial charge is 0.161 e. The maximum Gasteiger partial charge on any atom is 0.161 e. The molecule has 1 saturated carbocycles. The van der Waals surface area contributed by atoms with E-state index >= 15 is 0 Å². The highest BCUT2D eigenvalue weighted by Crippen LogP contribution is 2.39. The van der Waals surface area contributed by atoms with Crippen LogP contribution in [0.3, 0.4) is 0 Å². The van der Waals surface area contributed by atoms with E-state index < -0.39 is 0 Å². The van der Waals surface area contributed by atoms with Gasteiger partial charge in [0.05, 0.1) is 13.2 Å². The third-order valence-electron chi connectivity index (χ3n) is 3.64. The van der Waals surface area contributed by atoms with Gasteiger partial charge in [-0.3, -0.25) is 0 Å². The highest BCUT2D eigenvalue weighted by atomic mass is 16.5. The summed E-state index contributed by atoms with van der Waals surface area (Å²) in [4.78, 5) is 0. The van der Waals surface area contributed by atoms with E-state index in [1.54, 1.807) is 0 Å². The first-order chi connectivity index (χ1) is 8.16. The molecule has 0 saturated heterocycles. The van der Waals surface area contributed by atoms with Gasteiger partial charge in [-0.2, -0.15) is 0 Å². The second kappa shape index (κ2) is 3.91. The van der Waals surface area contributed by atoms with Crippen LogP contribution in [-0.4, -0.2) is 18.8 Å². The van der Waals surface area contributed by atoms with Gasteiger partial charge >= 0.3 is 0 Å². The first-order valence-electron chi connectivity index (χ1n) is 6.34. The first-order valence-corrected chi connectivity index (χ1v) is 6.34. The zero-order valence-corrected chi connectivity index (χ0v) is 10.3. The van der Waals surface area contributed by atoms with Crippen LogP contribution < -0.4 is 15.2 Å². The largest absolute Gasteiger partial charge is 0.490 e. The fourth-order valence-electron chi connectivity index (χ4n) is 2.26. The average Bonchev–Trinajstić information content (AvgIpc) is 3.04. The molecule has 1 aliphatic carbocycles. The van der Waals surface area contributed by atoms with Crippen molar-refractivity contribution in [3.05, 3.63) is 23.3 Å². The summed E-state index contributed by atoms with van der Waals surface area (Å²) in [6.45, 7) is 3.60. The topological polar surface area (TPSA) is 44.5 Å². The predicted octanol–water partition coefficient (Wildman–Crippen LogP) is 2.19. The van der Waals surface area contributed by atoms with Crippen LogP contribution in [0.15, 0.2) is 12.1 Å². The second-order valence-corrected chi connectivity index (χ2v) is 5.32. The Balaban J connectivity index is 1.91. The Bertz CT molecular complexity index is 438. The third kappa shape index (κ3) is 2.25. The Morgan fingerprint density at radius 2 is 1.82 bits per heavy atom. The predicted molar refractivity (Wildman–Crippen MR) is 66.6 cm³/mol. The minimum absolute atomic E-state index is 0.0462. The number of fused-ring (bicyclic) bond motifs is 1. The number of ether oxygens (including phenoxy) is 2. The van der Waals surface area contributed by atoms with Gasteiger partial charge in [-0.25, -0.2) is 0 Å². The van der Waals surface area contributed by atoms with Crippen molar-refractivity contribution < 1.29 is 9.47 Å². The van der Waals surface area contributed by atoms with Gasteiger partial charge in [0.2, 0.25) is 0 Å². The highest BCUT2D eigenvalue weighted by molar-refractivity contribution is 5.48. The lowest BCUT2D eigenvalue weighted by Gasteiger charge is -2.15. The molecule has 3 nitrogen and oxygen atoms in total. The van der Waals surface area contributed by atoms with Gasteiger partial charge in [0, 0.05) is 12.0 Å². The maximum atomic E-state index is 6.18. The van der Waals surface area contributed by atoms with Crippen molar-refractivity contribution in [3.8, 4) is 11.5 Å². The van der Waals surface area contributed by atoms with Crippen LogP contribution in [0.1, 0.15) is 30.4 Å². The van der Waals surface area contributed by atoms with Crippen molar-refractivity contribution in [1.29, 1.82) is 0 Å². The molecule has 0 unspecified atom stereocenters. The van der Waals surface area contributed by atoms with Gasteiger partial charge in [-0.1, -0.05) is 0 Å². The van der Waals surface area contributed by atoms with Crippen LogP contribution in [-0.2, 0) is 6.42 Å². The molecule has 1 heterocycles. The van der Waals surface area contributed by atoms with Crippen molar-refractivity contribution in [2.45, 2.75) is 38.1 Å². The van der Waals surface area contributed by atoms with Crippen LogP contribution in [0.5, 0.6) is 11.5 Å². The Labute approximate surface area is 102 Å². The summed E-state index contributed by atoms with van der Waals surface area (Å²) in [6, 6.07) is 4.20. The van der Waals surface area contributed by atoms with Crippen molar-refractivity contribution in [2.24, 2.45) is 5.73 Å². The highest BCUT2D eigenvalue weighted by Gasteiger charge is 2.38. The quantitative estimate of drug-likeness (QED) is 0.851. The van der Waals surface area contributed by atoms with Crippen molar-refractivity contribution in [1.82, 2.24) is 0 Å². The van der Waals surface area contributed by atoms with E-state index in [9.17, 15) is 0 Å². The molecule has 0 amide bonds. The average molecular weight is 233 g/mol. The molecule has 1 aromatic rings. The normalized spacial score (nSPS) is 20.8. The summed E-state index contributed by atoms with van der Waals surface area (Å²) in [5.74, 6) is 1.76. The summed E-state index contributed by atoms with van der Waals surface area (Å²) >= 11 is 0. The fraction of sp³-hybridized carbons (Fsp3) is 0.571. The van der Waals surface area contributed by atoms with E-state index in [0.29, 0.717) is 0 Å². The number of nitrogens with two attached hydrogens (primary N) is 1. The Morgan fingerprint density at radius 3 is 2.47 bits per heavy atom. The summed E-state index contributed by atoms with van der Waals surface area (Å²) in [6.07, 6.45) is 4.18. The molecule has 2 N–H and O–H groups in total. The molecule has 0 radical (unpaired) electrons. The van der Waals surface area contributed by atoms with Gasteiger partial charge in [0.1, 0.15) is 0 Å². The summed E-state index contributed by atoms with van der Waals surface area (Å²) in [7, 11) is 0. The van der Waals surface area contributed by atoms with Crippen molar-refractivity contribution in [3.63, 3.8) is 0 Å². The van der Waals surface area contributed by atoms with Crippen LogP contribution in [0.4, 0.5) is 0 Å². The molecule has 0 spiro atoms. The molecular formula is C14H19NO2. The molecule has 0 bridgehead atoms. The molecule has 3 heteroatoms. The van der Waals surface area contributed by atoms with E-state index in [2.05, 4.69) is 19.1 Å². The standard InChI is InChI=1S/C14H19NO2/c1-10-7-12-13(17-6-2-5-16-12)8-11(10)9-14(15)3-4-14/h7-8H,2-6,9,15H2,1H3. The first kappa shape index (κ1) is 10.9. The minimum Gasteiger partial charge on any atom is -0.490 e. The molecule has 3 rings (SSSR count). The zero-order valence-electron chi connectivity index (χ0n) is 10.3. The Kier molecular flexibility index (Phi) is 2.51. The van der Waals surface area contributed by atoms with Gasteiger partial charge in [0.25, 0.3) is 0 Å². The second-order valence-electron chi connectivity index (χ2n) is 5.32.